The van der Waals surface area contributed by atoms with Crippen molar-refractivity contribution in [3.8, 4) is 0 Å². The van der Waals surface area contributed by atoms with Crippen molar-refractivity contribution >= 4 is 17.3 Å². The first-order chi connectivity index (χ1) is 9.95. The predicted octanol–water partition coefficient (Wildman–Crippen LogP) is 1.54. The summed E-state index contributed by atoms with van der Waals surface area (Å²) in [6, 6.07) is 6.12. The second-order valence-electron chi connectivity index (χ2n) is 6.03. The highest BCUT2D eigenvalue weighted by Crippen LogP contribution is 2.17. The van der Waals surface area contributed by atoms with E-state index in [0.717, 1.165) is 43.1 Å². The van der Waals surface area contributed by atoms with Crippen LogP contribution < -0.4 is 11.1 Å². The number of nitrogens with one attached hydrogen (secondary N) is 1. The molecular formula is C16H26N4O. The van der Waals surface area contributed by atoms with Gasteiger partial charge in [0.2, 0.25) is 5.91 Å². The Balaban J connectivity index is 1.83. The molecule has 5 heteroatoms. The van der Waals surface area contributed by atoms with Crippen LogP contribution in [-0.2, 0) is 4.79 Å². The van der Waals surface area contributed by atoms with Gasteiger partial charge in [0, 0.05) is 43.6 Å². The minimum Gasteiger partial charge on any atom is -0.399 e. The van der Waals surface area contributed by atoms with Crippen molar-refractivity contribution in [2.45, 2.75) is 26.8 Å². The smallest absolute Gasteiger partial charge is 0.238 e. The molecule has 1 aliphatic heterocycles. The number of nitrogens with zero attached hydrogens (tertiary/aromatic N) is 2. The molecule has 1 aromatic carbocycles. The summed E-state index contributed by atoms with van der Waals surface area (Å²) in [5.74, 6) is 0.0425. The highest BCUT2D eigenvalue weighted by atomic mass is 16.2. The predicted molar refractivity (Wildman–Crippen MR) is 87.4 cm³/mol. The largest absolute Gasteiger partial charge is 0.399 e. The number of rotatable bonds is 4. The van der Waals surface area contributed by atoms with E-state index in [1.807, 2.05) is 25.1 Å². The SMILES string of the molecule is Cc1cc(N)ccc1NC(=O)CN1CCN(C(C)C)CC1. The molecule has 5 nitrogen and oxygen atoms in total. The zero-order valence-electron chi connectivity index (χ0n) is 13.2. The number of amides is 1. The number of piperazine rings is 1. The molecule has 1 saturated heterocycles. The minimum atomic E-state index is 0.0425. The maximum atomic E-state index is 12.1. The van der Waals surface area contributed by atoms with Gasteiger partial charge in [0.15, 0.2) is 0 Å². The number of benzene rings is 1. The third-order valence-electron chi connectivity index (χ3n) is 4.03. The zero-order valence-corrected chi connectivity index (χ0v) is 13.2. The Hall–Kier alpha value is -1.59. The number of carbonyl (C=O) groups is 1. The molecule has 1 aliphatic rings. The lowest BCUT2D eigenvalue weighted by Crippen LogP contribution is -2.50. The lowest BCUT2D eigenvalue weighted by molar-refractivity contribution is -0.117. The topological polar surface area (TPSA) is 61.6 Å². The molecule has 21 heavy (non-hydrogen) atoms. The van der Waals surface area contributed by atoms with Crippen molar-refractivity contribution in [3.63, 3.8) is 0 Å². The summed E-state index contributed by atoms with van der Waals surface area (Å²) in [6.07, 6.45) is 0. The second-order valence-corrected chi connectivity index (χ2v) is 6.03. The molecule has 0 unspecified atom stereocenters. The fourth-order valence-corrected chi connectivity index (χ4v) is 2.66. The van der Waals surface area contributed by atoms with Gasteiger partial charge >= 0.3 is 0 Å². The van der Waals surface area contributed by atoms with Gasteiger partial charge < -0.3 is 11.1 Å². The van der Waals surface area contributed by atoms with Crippen molar-refractivity contribution < 1.29 is 4.79 Å². The van der Waals surface area contributed by atoms with Gasteiger partial charge in [0.05, 0.1) is 6.54 Å². The van der Waals surface area contributed by atoms with E-state index in [9.17, 15) is 4.79 Å². The Morgan fingerprint density at radius 3 is 2.52 bits per heavy atom. The molecule has 0 atom stereocenters. The summed E-state index contributed by atoms with van der Waals surface area (Å²) in [5.41, 5.74) is 8.27. The minimum absolute atomic E-state index is 0.0425. The molecule has 1 aromatic rings. The van der Waals surface area contributed by atoms with Crippen LogP contribution in [0.1, 0.15) is 19.4 Å². The first-order valence-corrected chi connectivity index (χ1v) is 7.58. The highest BCUT2D eigenvalue weighted by Gasteiger charge is 2.20. The Kier molecular flexibility index (Phi) is 5.20. The summed E-state index contributed by atoms with van der Waals surface area (Å²) < 4.78 is 0. The van der Waals surface area contributed by atoms with E-state index in [-0.39, 0.29) is 5.91 Å². The van der Waals surface area contributed by atoms with Crippen LogP contribution in [0.25, 0.3) is 0 Å². The highest BCUT2D eigenvalue weighted by molar-refractivity contribution is 5.93. The van der Waals surface area contributed by atoms with E-state index in [1.54, 1.807) is 0 Å². The van der Waals surface area contributed by atoms with Crippen molar-refractivity contribution in [1.29, 1.82) is 0 Å². The molecular weight excluding hydrogens is 264 g/mol. The van der Waals surface area contributed by atoms with Gasteiger partial charge in [-0.1, -0.05) is 0 Å². The van der Waals surface area contributed by atoms with Crippen LogP contribution in [-0.4, -0.2) is 54.5 Å². The van der Waals surface area contributed by atoms with Crippen LogP contribution in [0.15, 0.2) is 18.2 Å². The summed E-state index contributed by atoms with van der Waals surface area (Å²) in [4.78, 5) is 16.8. The first-order valence-electron chi connectivity index (χ1n) is 7.58. The number of hydrogen-bond acceptors (Lipinski definition) is 4. The molecule has 0 aromatic heterocycles. The summed E-state index contributed by atoms with van der Waals surface area (Å²) in [6.45, 7) is 10.8. The lowest BCUT2D eigenvalue weighted by atomic mass is 10.2. The molecule has 2 rings (SSSR count). The molecule has 1 heterocycles. The van der Waals surface area contributed by atoms with Crippen LogP contribution in [0.2, 0.25) is 0 Å². The van der Waals surface area contributed by atoms with Gasteiger partial charge in [0.25, 0.3) is 0 Å². The van der Waals surface area contributed by atoms with E-state index < -0.39 is 0 Å². The van der Waals surface area contributed by atoms with Gasteiger partial charge in [-0.3, -0.25) is 14.6 Å². The maximum absolute atomic E-state index is 12.1. The van der Waals surface area contributed by atoms with Crippen molar-refractivity contribution in [1.82, 2.24) is 9.80 Å². The van der Waals surface area contributed by atoms with E-state index in [0.29, 0.717) is 12.6 Å². The lowest BCUT2D eigenvalue weighted by Gasteiger charge is -2.36. The number of aryl methyl sites for hydroxylation is 1. The molecule has 3 N–H and O–H groups in total. The Morgan fingerprint density at radius 2 is 1.95 bits per heavy atom. The van der Waals surface area contributed by atoms with Crippen molar-refractivity contribution in [2.75, 3.05) is 43.8 Å². The molecule has 0 bridgehead atoms. The Morgan fingerprint density at radius 1 is 1.29 bits per heavy atom. The van der Waals surface area contributed by atoms with Crippen LogP contribution in [0.3, 0.4) is 0 Å². The van der Waals surface area contributed by atoms with Gasteiger partial charge in [0.1, 0.15) is 0 Å². The molecule has 0 radical (unpaired) electrons. The molecule has 0 spiro atoms. The zero-order chi connectivity index (χ0) is 15.4. The Labute approximate surface area is 127 Å². The van der Waals surface area contributed by atoms with Crippen molar-refractivity contribution in [2.24, 2.45) is 0 Å². The van der Waals surface area contributed by atoms with E-state index in [1.165, 1.54) is 0 Å². The number of nitrogens with two attached hydrogens (primary N) is 1. The van der Waals surface area contributed by atoms with Crippen LogP contribution in [0.4, 0.5) is 11.4 Å². The summed E-state index contributed by atoms with van der Waals surface area (Å²) in [5, 5.41) is 2.97. The first kappa shape index (κ1) is 15.8. The van der Waals surface area contributed by atoms with Crippen molar-refractivity contribution in [3.05, 3.63) is 23.8 Å². The second kappa shape index (κ2) is 6.91. The fourth-order valence-electron chi connectivity index (χ4n) is 2.66. The normalized spacial score (nSPS) is 17.1. The number of carbonyl (C=O) groups excluding carboxylic acids is 1. The van der Waals surface area contributed by atoms with Gasteiger partial charge in [-0.25, -0.2) is 0 Å². The number of anilines is 2. The molecule has 1 amide bonds. The summed E-state index contributed by atoms with van der Waals surface area (Å²) >= 11 is 0. The van der Waals surface area contributed by atoms with Gasteiger partial charge in [-0.05, 0) is 44.5 Å². The van der Waals surface area contributed by atoms with Crippen LogP contribution in [0.5, 0.6) is 0 Å². The molecule has 1 fully saturated rings. The Bertz CT molecular complexity index is 493. The third-order valence-corrected chi connectivity index (χ3v) is 4.03. The third kappa shape index (κ3) is 4.44. The maximum Gasteiger partial charge on any atom is 0.238 e. The molecule has 0 aliphatic carbocycles. The standard InChI is InChI=1S/C16H26N4O/c1-12(2)20-8-6-19(7-9-20)11-16(21)18-15-5-4-14(17)10-13(15)3/h4-5,10,12H,6-9,11,17H2,1-3H3,(H,18,21). The average Bonchev–Trinajstić information content (AvgIpc) is 2.42. The van der Waals surface area contributed by atoms with Crippen LogP contribution >= 0.6 is 0 Å². The van der Waals surface area contributed by atoms with Gasteiger partial charge in [-0.2, -0.15) is 0 Å². The molecule has 116 valence electrons. The average molecular weight is 290 g/mol. The fraction of sp³-hybridized carbons (Fsp3) is 0.562. The number of nitrogen functional groups attached to an aromatic ring is 1. The monoisotopic (exact) mass is 290 g/mol. The van der Waals surface area contributed by atoms with E-state index in [4.69, 9.17) is 5.73 Å². The number of hydrogen-bond donors (Lipinski definition) is 2. The summed E-state index contributed by atoms with van der Waals surface area (Å²) in [7, 11) is 0. The van der Waals surface area contributed by atoms with Crippen LogP contribution in [0, 0.1) is 6.92 Å². The van der Waals surface area contributed by atoms with E-state index in [2.05, 4.69) is 29.0 Å². The quantitative estimate of drug-likeness (QED) is 0.826. The van der Waals surface area contributed by atoms with E-state index >= 15 is 0 Å². The molecule has 0 saturated carbocycles. The van der Waals surface area contributed by atoms with Gasteiger partial charge in [-0.15, -0.1) is 0 Å².